The first-order valence-corrected chi connectivity index (χ1v) is 7.95. The summed E-state index contributed by atoms with van der Waals surface area (Å²) < 4.78 is 13.2. The number of halogens is 1. The van der Waals surface area contributed by atoms with Crippen LogP contribution in [0, 0.1) is 5.82 Å². The molecular weight excluding hydrogens is 331 g/mol. The Morgan fingerprint density at radius 1 is 1.19 bits per heavy atom. The van der Waals surface area contributed by atoms with Gasteiger partial charge in [-0.05, 0) is 54.1 Å². The van der Waals surface area contributed by atoms with Crippen LogP contribution in [0.3, 0.4) is 0 Å². The molecule has 3 rings (SSSR count). The summed E-state index contributed by atoms with van der Waals surface area (Å²) in [5, 5.41) is 2.73. The molecule has 0 aliphatic rings. The third-order valence-corrected chi connectivity index (χ3v) is 3.81. The van der Waals surface area contributed by atoms with Crippen LogP contribution in [0.5, 0.6) is 0 Å². The minimum Gasteiger partial charge on any atom is -0.384 e. The highest BCUT2D eigenvalue weighted by Gasteiger charge is 2.11. The summed E-state index contributed by atoms with van der Waals surface area (Å²) in [5.74, 6) is -0.196. The van der Waals surface area contributed by atoms with Crippen molar-refractivity contribution in [1.29, 1.82) is 0 Å². The highest BCUT2D eigenvalue weighted by atomic mass is 19.1. The first-order chi connectivity index (χ1) is 12.6. The summed E-state index contributed by atoms with van der Waals surface area (Å²) in [4.78, 5) is 20.3. The van der Waals surface area contributed by atoms with E-state index in [0.29, 0.717) is 17.2 Å². The zero-order valence-electron chi connectivity index (χ0n) is 13.9. The van der Waals surface area contributed by atoms with Gasteiger partial charge in [-0.25, -0.2) is 9.37 Å². The number of rotatable bonds is 5. The van der Waals surface area contributed by atoms with Gasteiger partial charge in [0.25, 0.3) is 0 Å². The lowest BCUT2D eigenvalue weighted by molar-refractivity contribution is -0.116. The van der Waals surface area contributed by atoms with Crippen molar-refractivity contribution in [2.75, 3.05) is 5.73 Å². The number of pyridine rings is 2. The van der Waals surface area contributed by atoms with E-state index < -0.39 is 0 Å². The molecule has 1 amide bonds. The van der Waals surface area contributed by atoms with Gasteiger partial charge in [-0.1, -0.05) is 12.6 Å². The fourth-order valence-corrected chi connectivity index (χ4v) is 2.50. The number of carbonyl (C=O) groups excluding carboxylic acids is 1. The van der Waals surface area contributed by atoms with E-state index in [4.69, 9.17) is 5.73 Å². The molecule has 0 fully saturated rings. The van der Waals surface area contributed by atoms with Crippen LogP contribution in [0.4, 0.5) is 10.2 Å². The average Bonchev–Trinajstić information content (AvgIpc) is 2.66. The van der Waals surface area contributed by atoms with Crippen molar-refractivity contribution < 1.29 is 9.18 Å². The molecule has 0 atom stereocenters. The molecule has 0 aliphatic heterocycles. The highest BCUT2D eigenvalue weighted by Crippen LogP contribution is 2.27. The van der Waals surface area contributed by atoms with Crippen LogP contribution in [0.25, 0.3) is 22.5 Å². The Bertz CT molecular complexity index is 954. The Labute approximate surface area is 150 Å². The monoisotopic (exact) mass is 348 g/mol. The lowest BCUT2D eigenvalue weighted by Crippen LogP contribution is -2.20. The van der Waals surface area contributed by atoms with Gasteiger partial charge in [0.1, 0.15) is 11.6 Å². The van der Waals surface area contributed by atoms with E-state index in [1.807, 2.05) is 18.2 Å². The maximum atomic E-state index is 13.2. The molecule has 5 nitrogen and oxygen atoms in total. The van der Waals surface area contributed by atoms with E-state index in [0.717, 1.165) is 16.7 Å². The molecule has 2 heterocycles. The second-order valence-electron chi connectivity index (χ2n) is 5.60. The maximum absolute atomic E-state index is 13.2. The van der Waals surface area contributed by atoms with Gasteiger partial charge in [0.15, 0.2) is 0 Å². The van der Waals surface area contributed by atoms with Crippen molar-refractivity contribution >= 4 is 11.7 Å². The SMILES string of the molecule is C=CC(=O)NCc1cnc(-c2ccc(F)cc2)cc1-c1cccc(N)n1. The number of nitrogen functional groups attached to an aromatic ring is 1. The van der Waals surface area contributed by atoms with Crippen LogP contribution in [0.2, 0.25) is 0 Å². The average molecular weight is 348 g/mol. The Kier molecular flexibility index (Phi) is 5.03. The molecule has 0 spiro atoms. The third-order valence-electron chi connectivity index (χ3n) is 3.81. The lowest BCUT2D eigenvalue weighted by Gasteiger charge is -2.12. The molecule has 1 aromatic carbocycles. The van der Waals surface area contributed by atoms with Crippen LogP contribution in [-0.4, -0.2) is 15.9 Å². The molecule has 3 aromatic rings. The number of aromatic nitrogens is 2. The summed E-state index contributed by atoms with van der Waals surface area (Å²) in [7, 11) is 0. The number of nitrogens with one attached hydrogen (secondary N) is 1. The Morgan fingerprint density at radius 2 is 1.96 bits per heavy atom. The molecule has 3 N–H and O–H groups in total. The molecule has 0 unspecified atom stereocenters. The van der Waals surface area contributed by atoms with E-state index in [1.165, 1.54) is 18.2 Å². The molecule has 0 bridgehead atoms. The van der Waals surface area contributed by atoms with E-state index in [2.05, 4.69) is 21.9 Å². The number of anilines is 1. The van der Waals surface area contributed by atoms with Crippen LogP contribution in [0.1, 0.15) is 5.56 Å². The molecule has 0 aliphatic carbocycles. The van der Waals surface area contributed by atoms with Gasteiger partial charge in [0, 0.05) is 23.9 Å². The Balaban J connectivity index is 2.05. The number of amides is 1. The van der Waals surface area contributed by atoms with Gasteiger partial charge in [-0.3, -0.25) is 9.78 Å². The van der Waals surface area contributed by atoms with Crippen LogP contribution in [0.15, 0.2) is 67.4 Å². The molecule has 0 radical (unpaired) electrons. The van der Waals surface area contributed by atoms with Gasteiger partial charge in [-0.2, -0.15) is 0 Å². The molecule has 2 aromatic heterocycles. The van der Waals surface area contributed by atoms with Gasteiger partial charge in [0.05, 0.1) is 11.4 Å². The minimum absolute atomic E-state index is 0.271. The number of benzene rings is 1. The number of nitrogens with zero attached hydrogens (tertiary/aromatic N) is 2. The van der Waals surface area contributed by atoms with Gasteiger partial charge in [0.2, 0.25) is 5.91 Å². The molecular formula is C20H17FN4O. The van der Waals surface area contributed by atoms with E-state index in [-0.39, 0.29) is 18.3 Å². The first-order valence-electron chi connectivity index (χ1n) is 7.95. The number of hydrogen-bond acceptors (Lipinski definition) is 4. The summed E-state index contributed by atoms with van der Waals surface area (Å²) in [6.07, 6.45) is 2.88. The number of carbonyl (C=O) groups is 1. The van der Waals surface area contributed by atoms with Gasteiger partial charge >= 0.3 is 0 Å². The van der Waals surface area contributed by atoms with Gasteiger partial charge < -0.3 is 11.1 Å². The van der Waals surface area contributed by atoms with Crippen molar-refractivity contribution in [2.45, 2.75) is 6.54 Å². The summed E-state index contributed by atoms with van der Waals surface area (Å²) >= 11 is 0. The zero-order chi connectivity index (χ0) is 18.5. The zero-order valence-corrected chi connectivity index (χ0v) is 13.9. The fraction of sp³-hybridized carbons (Fsp3) is 0.0500. The number of hydrogen-bond donors (Lipinski definition) is 2. The fourth-order valence-electron chi connectivity index (χ4n) is 2.50. The summed E-state index contributed by atoms with van der Waals surface area (Å²) in [6, 6.07) is 13.3. The maximum Gasteiger partial charge on any atom is 0.243 e. The topological polar surface area (TPSA) is 80.9 Å². The van der Waals surface area contributed by atoms with Crippen LogP contribution < -0.4 is 11.1 Å². The van der Waals surface area contributed by atoms with E-state index in [1.54, 1.807) is 24.4 Å². The largest absolute Gasteiger partial charge is 0.384 e. The van der Waals surface area contributed by atoms with Crippen molar-refractivity contribution in [3.05, 3.63) is 78.8 Å². The molecule has 0 saturated carbocycles. The highest BCUT2D eigenvalue weighted by molar-refractivity contribution is 5.87. The molecule has 0 saturated heterocycles. The lowest BCUT2D eigenvalue weighted by atomic mass is 10.0. The standard InChI is InChI=1S/C20H17FN4O/c1-2-20(26)24-12-14-11-23-18(13-6-8-15(21)9-7-13)10-16(14)17-4-3-5-19(22)25-17/h2-11H,1,12H2,(H2,22,25)(H,24,26). The molecule has 26 heavy (non-hydrogen) atoms. The van der Waals surface area contributed by atoms with Crippen molar-refractivity contribution in [1.82, 2.24) is 15.3 Å². The first kappa shape index (κ1) is 17.3. The quantitative estimate of drug-likeness (QED) is 0.693. The second-order valence-corrected chi connectivity index (χ2v) is 5.60. The Morgan fingerprint density at radius 3 is 2.65 bits per heavy atom. The number of nitrogens with two attached hydrogens (primary N) is 1. The smallest absolute Gasteiger partial charge is 0.243 e. The normalized spacial score (nSPS) is 10.3. The summed E-state index contributed by atoms with van der Waals surface area (Å²) in [5.41, 5.74) is 9.48. The Hall–Kier alpha value is -3.54. The third kappa shape index (κ3) is 3.92. The minimum atomic E-state index is -0.310. The van der Waals surface area contributed by atoms with Crippen molar-refractivity contribution in [3.8, 4) is 22.5 Å². The van der Waals surface area contributed by atoms with Gasteiger partial charge in [-0.15, -0.1) is 0 Å². The predicted molar refractivity (Wildman–Crippen MR) is 99.3 cm³/mol. The van der Waals surface area contributed by atoms with Crippen molar-refractivity contribution in [3.63, 3.8) is 0 Å². The van der Waals surface area contributed by atoms with E-state index >= 15 is 0 Å². The second kappa shape index (κ2) is 7.57. The summed E-state index contributed by atoms with van der Waals surface area (Å²) in [6.45, 7) is 3.71. The van der Waals surface area contributed by atoms with Crippen LogP contribution >= 0.6 is 0 Å². The predicted octanol–water partition coefficient (Wildman–Crippen LogP) is 3.33. The molecule has 6 heteroatoms. The van der Waals surface area contributed by atoms with Crippen molar-refractivity contribution in [2.24, 2.45) is 0 Å². The molecule has 130 valence electrons. The van der Waals surface area contributed by atoms with Crippen LogP contribution in [-0.2, 0) is 11.3 Å². The van der Waals surface area contributed by atoms with E-state index in [9.17, 15) is 9.18 Å².